The second kappa shape index (κ2) is 6.01. The number of hydrogen-bond acceptors (Lipinski definition) is 3. The molecule has 4 heteroatoms. The molecule has 1 fully saturated rings. The molecule has 0 radical (unpaired) electrons. The third-order valence-corrected chi connectivity index (χ3v) is 3.77. The van der Waals surface area contributed by atoms with Crippen LogP contribution in [-0.2, 0) is 11.3 Å². The van der Waals surface area contributed by atoms with Gasteiger partial charge in [-0.15, -0.1) is 0 Å². The van der Waals surface area contributed by atoms with Crippen molar-refractivity contribution >= 4 is 5.78 Å². The molecular weight excluding hydrogens is 252 g/mol. The van der Waals surface area contributed by atoms with Crippen molar-refractivity contribution in [3.8, 4) is 0 Å². The number of hydrogen-bond donors (Lipinski definition) is 0. The van der Waals surface area contributed by atoms with E-state index >= 15 is 0 Å². The van der Waals surface area contributed by atoms with E-state index in [-0.39, 0.29) is 11.7 Å². The molecule has 1 aromatic heterocycles. The summed E-state index contributed by atoms with van der Waals surface area (Å²) in [5.41, 5.74) is 1.86. The predicted molar refractivity (Wildman–Crippen MR) is 75.6 cm³/mol. The topological polar surface area (TPSA) is 44.1 Å². The first-order chi connectivity index (χ1) is 9.84. The van der Waals surface area contributed by atoms with Gasteiger partial charge in [-0.2, -0.15) is 5.10 Å². The number of Topliss-reactive ketones (excluding diaryl/α,β-unsaturated/α-hetero) is 1. The Hall–Kier alpha value is -1.94. The second-order valence-corrected chi connectivity index (χ2v) is 5.11. The minimum absolute atomic E-state index is 0.0996. The number of carbonyl (C=O) groups excluding carboxylic acids is 1. The van der Waals surface area contributed by atoms with Crippen molar-refractivity contribution in [2.75, 3.05) is 13.2 Å². The lowest BCUT2D eigenvalue weighted by Crippen LogP contribution is -2.24. The minimum atomic E-state index is 0.0996. The van der Waals surface area contributed by atoms with Gasteiger partial charge >= 0.3 is 0 Å². The number of nitrogens with zero attached hydrogens (tertiary/aromatic N) is 2. The summed E-state index contributed by atoms with van der Waals surface area (Å²) < 4.78 is 7.18. The van der Waals surface area contributed by atoms with Crippen LogP contribution in [0.4, 0.5) is 0 Å². The van der Waals surface area contributed by atoms with Crippen LogP contribution < -0.4 is 0 Å². The SMILES string of the molecule is O=C(c1ccccc1Cn1cccn1)C1CCOCC1. The molecule has 2 heterocycles. The molecule has 1 saturated heterocycles. The maximum absolute atomic E-state index is 12.7. The zero-order chi connectivity index (χ0) is 13.8. The van der Waals surface area contributed by atoms with Crippen molar-refractivity contribution in [1.29, 1.82) is 0 Å². The molecule has 1 aromatic carbocycles. The van der Waals surface area contributed by atoms with E-state index in [1.807, 2.05) is 41.2 Å². The zero-order valence-corrected chi connectivity index (χ0v) is 11.4. The van der Waals surface area contributed by atoms with Gasteiger partial charge in [0.1, 0.15) is 0 Å². The summed E-state index contributed by atoms with van der Waals surface area (Å²) in [6.07, 6.45) is 5.32. The van der Waals surface area contributed by atoms with Crippen molar-refractivity contribution in [3.63, 3.8) is 0 Å². The van der Waals surface area contributed by atoms with E-state index in [1.165, 1.54) is 0 Å². The Bertz CT molecular complexity index is 572. The maximum Gasteiger partial charge on any atom is 0.166 e. The highest BCUT2D eigenvalue weighted by Gasteiger charge is 2.24. The van der Waals surface area contributed by atoms with Crippen LogP contribution in [0.5, 0.6) is 0 Å². The van der Waals surface area contributed by atoms with Crippen molar-refractivity contribution in [2.24, 2.45) is 5.92 Å². The fourth-order valence-electron chi connectivity index (χ4n) is 2.65. The van der Waals surface area contributed by atoms with E-state index in [1.54, 1.807) is 6.20 Å². The Kier molecular flexibility index (Phi) is 3.92. The van der Waals surface area contributed by atoms with Gasteiger partial charge in [-0.1, -0.05) is 24.3 Å². The standard InChI is InChI=1S/C16H18N2O2/c19-16(13-6-10-20-11-7-13)15-5-2-1-4-14(15)12-18-9-3-8-17-18/h1-5,8-9,13H,6-7,10-12H2. The van der Waals surface area contributed by atoms with Crippen molar-refractivity contribution in [1.82, 2.24) is 9.78 Å². The van der Waals surface area contributed by atoms with Gasteiger partial charge in [0.2, 0.25) is 0 Å². The first-order valence-electron chi connectivity index (χ1n) is 7.02. The predicted octanol–water partition coefficient (Wildman–Crippen LogP) is 2.54. The monoisotopic (exact) mass is 270 g/mol. The number of aromatic nitrogens is 2. The molecule has 3 rings (SSSR count). The highest BCUT2D eigenvalue weighted by Crippen LogP contribution is 2.22. The van der Waals surface area contributed by atoms with E-state index in [0.717, 1.165) is 24.0 Å². The van der Waals surface area contributed by atoms with E-state index in [9.17, 15) is 4.79 Å². The minimum Gasteiger partial charge on any atom is -0.381 e. The fraction of sp³-hybridized carbons (Fsp3) is 0.375. The lowest BCUT2D eigenvalue weighted by atomic mass is 9.89. The molecule has 0 unspecified atom stereocenters. The van der Waals surface area contributed by atoms with Gasteiger partial charge in [-0.3, -0.25) is 9.48 Å². The number of ketones is 1. The molecular formula is C16H18N2O2. The highest BCUT2D eigenvalue weighted by molar-refractivity contribution is 5.99. The molecule has 0 spiro atoms. The molecule has 2 aromatic rings. The normalized spacial score (nSPS) is 16.2. The summed E-state index contributed by atoms with van der Waals surface area (Å²) in [6.45, 7) is 2.02. The molecule has 1 aliphatic heterocycles. The van der Waals surface area contributed by atoms with Crippen molar-refractivity contribution in [3.05, 3.63) is 53.9 Å². The fourth-order valence-corrected chi connectivity index (χ4v) is 2.65. The van der Waals surface area contributed by atoms with Gasteiger partial charge in [0.15, 0.2) is 5.78 Å². The van der Waals surface area contributed by atoms with Gasteiger partial charge in [0.05, 0.1) is 6.54 Å². The summed E-state index contributed by atoms with van der Waals surface area (Å²) in [4.78, 5) is 12.7. The lowest BCUT2D eigenvalue weighted by Gasteiger charge is -2.22. The smallest absolute Gasteiger partial charge is 0.166 e. The summed E-state index contributed by atoms with van der Waals surface area (Å²) in [5.74, 6) is 0.346. The molecule has 0 atom stereocenters. The molecule has 0 amide bonds. The van der Waals surface area contributed by atoms with Crippen LogP contribution in [0.1, 0.15) is 28.8 Å². The van der Waals surface area contributed by atoms with Gasteiger partial charge < -0.3 is 4.74 Å². The summed E-state index contributed by atoms with van der Waals surface area (Å²) in [7, 11) is 0. The van der Waals surface area contributed by atoms with Crippen LogP contribution in [-0.4, -0.2) is 28.8 Å². The van der Waals surface area contributed by atoms with Gasteiger partial charge in [0.25, 0.3) is 0 Å². The molecule has 0 saturated carbocycles. The van der Waals surface area contributed by atoms with Crippen LogP contribution in [0.3, 0.4) is 0 Å². The molecule has 104 valence electrons. The maximum atomic E-state index is 12.7. The number of rotatable bonds is 4. The Morgan fingerprint density at radius 1 is 1.25 bits per heavy atom. The second-order valence-electron chi connectivity index (χ2n) is 5.11. The molecule has 0 bridgehead atoms. The molecule has 20 heavy (non-hydrogen) atoms. The number of ether oxygens (including phenoxy) is 1. The summed E-state index contributed by atoms with van der Waals surface area (Å²) in [5, 5.41) is 4.21. The van der Waals surface area contributed by atoms with E-state index in [0.29, 0.717) is 19.8 Å². The van der Waals surface area contributed by atoms with Crippen molar-refractivity contribution in [2.45, 2.75) is 19.4 Å². The Labute approximate surface area is 118 Å². The average molecular weight is 270 g/mol. The van der Waals surface area contributed by atoms with Crippen LogP contribution in [0.25, 0.3) is 0 Å². The van der Waals surface area contributed by atoms with Crippen LogP contribution in [0.2, 0.25) is 0 Å². The lowest BCUT2D eigenvalue weighted by molar-refractivity contribution is 0.0544. The van der Waals surface area contributed by atoms with Crippen LogP contribution >= 0.6 is 0 Å². The Balaban J connectivity index is 1.83. The molecule has 0 N–H and O–H groups in total. The number of carbonyl (C=O) groups is 1. The van der Waals surface area contributed by atoms with E-state index < -0.39 is 0 Å². The molecule has 4 nitrogen and oxygen atoms in total. The Morgan fingerprint density at radius 3 is 2.80 bits per heavy atom. The summed E-state index contributed by atoms with van der Waals surface area (Å²) in [6, 6.07) is 9.73. The average Bonchev–Trinajstić information content (AvgIpc) is 3.01. The van der Waals surface area contributed by atoms with Gasteiger partial charge in [-0.25, -0.2) is 0 Å². The zero-order valence-electron chi connectivity index (χ0n) is 11.4. The Morgan fingerprint density at radius 2 is 2.05 bits per heavy atom. The quantitative estimate of drug-likeness (QED) is 0.802. The highest BCUT2D eigenvalue weighted by atomic mass is 16.5. The molecule has 1 aliphatic rings. The van der Waals surface area contributed by atoms with E-state index in [4.69, 9.17) is 4.74 Å². The third-order valence-electron chi connectivity index (χ3n) is 3.77. The van der Waals surface area contributed by atoms with Gasteiger partial charge in [-0.05, 0) is 24.5 Å². The summed E-state index contributed by atoms with van der Waals surface area (Å²) >= 11 is 0. The van der Waals surface area contributed by atoms with Crippen LogP contribution in [0.15, 0.2) is 42.7 Å². The third kappa shape index (κ3) is 2.80. The molecule has 0 aliphatic carbocycles. The number of benzene rings is 1. The van der Waals surface area contributed by atoms with Crippen LogP contribution in [0, 0.1) is 5.92 Å². The van der Waals surface area contributed by atoms with E-state index in [2.05, 4.69) is 5.10 Å². The van der Waals surface area contributed by atoms with Gasteiger partial charge in [0, 0.05) is 37.1 Å². The van der Waals surface area contributed by atoms with Crippen molar-refractivity contribution < 1.29 is 9.53 Å². The first-order valence-corrected chi connectivity index (χ1v) is 7.02. The largest absolute Gasteiger partial charge is 0.381 e. The first kappa shape index (κ1) is 13.1.